The topological polar surface area (TPSA) is 29.5 Å². The number of hydrogen-bond donors (Lipinski definition) is 0. The van der Waals surface area contributed by atoms with Gasteiger partial charge in [0.2, 0.25) is 0 Å². The highest BCUT2D eigenvalue weighted by Gasteiger charge is 2.22. The van der Waals surface area contributed by atoms with Gasteiger partial charge in [0.15, 0.2) is 0 Å². The summed E-state index contributed by atoms with van der Waals surface area (Å²) in [5.41, 5.74) is -0.422. The van der Waals surface area contributed by atoms with Gasteiger partial charge < -0.3 is 9.64 Å². The van der Waals surface area contributed by atoms with E-state index >= 15 is 0 Å². The molecule has 76 valence electrons. The van der Waals surface area contributed by atoms with Crippen molar-refractivity contribution in [2.75, 3.05) is 13.1 Å². The summed E-state index contributed by atoms with van der Waals surface area (Å²) in [6.45, 7) is 6.90. The molecule has 0 aromatic rings. The van der Waals surface area contributed by atoms with Crippen molar-refractivity contribution in [2.45, 2.75) is 45.6 Å². The maximum atomic E-state index is 11.6. The number of piperidine rings is 1. The Kier molecular flexibility index (Phi) is 2.71. The van der Waals surface area contributed by atoms with Gasteiger partial charge in [0.1, 0.15) is 5.60 Å². The van der Waals surface area contributed by atoms with Crippen molar-refractivity contribution in [2.24, 2.45) is 0 Å². The molecule has 0 unspecified atom stereocenters. The van der Waals surface area contributed by atoms with Gasteiger partial charge in [0, 0.05) is 14.5 Å². The molecule has 1 aliphatic heterocycles. The van der Waals surface area contributed by atoms with Crippen molar-refractivity contribution < 1.29 is 10.9 Å². The number of ether oxygens (including phenoxy) is 1. The van der Waals surface area contributed by atoms with Crippen LogP contribution in [0.3, 0.4) is 0 Å². The van der Waals surface area contributed by atoms with Crippen LogP contribution >= 0.6 is 0 Å². The van der Waals surface area contributed by atoms with Crippen LogP contribution in [0.15, 0.2) is 0 Å². The first-order chi connectivity index (χ1) is 6.38. The van der Waals surface area contributed by atoms with Crippen LogP contribution in [-0.2, 0) is 4.74 Å². The standard InChI is InChI=1S/C10H19NO2/c1-10(2,3)13-9(12)11-7-5-4-6-8-11/h4-8H2,1-3H3/i4D. The van der Waals surface area contributed by atoms with Crippen molar-refractivity contribution in [3.8, 4) is 0 Å². The molecule has 0 aromatic heterocycles. The van der Waals surface area contributed by atoms with Crippen LogP contribution in [0.25, 0.3) is 0 Å². The summed E-state index contributed by atoms with van der Waals surface area (Å²) < 4.78 is 12.7. The number of hydrogen-bond acceptors (Lipinski definition) is 2. The van der Waals surface area contributed by atoms with Gasteiger partial charge in [0.25, 0.3) is 0 Å². The molecule has 0 bridgehead atoms. The molecule has 1 rings (SSSR count). The summed E-state index contributed by atoms with van der Waals surface area (Å²) in [5, 5.41) is 0. The first-order valence-electron chi connectivity index (χ1n) is 5.36. The molecule has 0 aromatic carbocycles. The minimum absolute atomic E-state index is 0.00585. The minimum atomic E-state index is -0.422. The van der Waals surface area contributed by atoms with Gasteiger partial charge in [-0.3, -0.25) is 0 Å². The van der Waals surface area contributed by atoms with Crippen molar-refractivity contribution in [1.29, 1.82) is 0 Å². The van der Waals surface area contributed by atoms with Crippen molar-refractivity contribution >= 4 is 6.09 Å². The number of nitrogens with zero attached hydrogens (tertiary/aromatic N) is 1. The SMILES string of the molecule is [2H]C1CCN(C(=O)OC(C)(C)C)CC1. The quantitative estimate of drug-likeness (QED) is 0.581. The maximum Gasteiger partial charge on any atom is 0.410 e. The lowest BCUT2D eigenvalue weighted by Gasteiger charge is -2.29. The molecular formula is C10H19NO2. The van der Waals surface area contributed by atoms with Gasteiger partial charge in [-0.15, -0.1) is 0 Å². The molecule has 3 nitrogen and oxygen atoms in total. The first kappa shape index (κ1) is 8.85. The zero-order chi connectivity index (χ0) is 10.8. The fraction of sp³-hybridized carbons (Fsp3) is 0.900. The zero-order valence-corrected chi connectivity index (χ0v) is 8.67. The Bertz CT molecular complexity index is 205. The van der Waals surface area contributed by atoms with Crippen molar-refractivity contribution in [3.05, 3.63) is 0 Å². The average Bonchev–Trinajstić information content (AvgIpc) is 2.02. The average molecular weight is 186 g/mol. The molecule has 3 heteroatoms. The molecule has 1 aliphatic rings. The van der Waals surface area contributed by atoms with Gasteiger partial charge in [-0.2, -0.15) is 0 Å². The Labute approximate surface area is 81.5 Å². The monoisotopic (exact) mass is 186 g/mol. The number of rotatable bonds is 0. The molecule has 0 atom stereocenters. The molecule has 1 amide bonds. The molecule has 0 radical (unpaired) electrons. The molecule has 0 saturated carbocycles. The second-order valence-electron chi connectivity index (χ2n) is 4.33. The molecule has 13 heavy (non-hydrogen) atoms. The van der Waals surface area contributed by atoms with E-state index in [1.165, 1.54) is 0 Å². The number of amides is 1. The Balaban J connectivity index is 2.38. The van der Waals surface area contributed by atoms with E-state index in [-0.39, 0.29) is 12.5 Å². The van der Waals surface area contributed by atoms with E-state index in [9.17, 15) is 4.79 Å². The Morgan fingerprint density at radius 3 is 2.38 bits per heavy atom. The molecule has 0 spiro atoms. The van der Waals surface area contributed by atoms with Crippen LogP contribution in [0.2, 0.25) is 0 Å². The maximum absolute atomic E-state index is 11.6. The summed E-state index contributed by atoms with van der Waals surface area (Å²) in [6, 6.07) is 0. The molecule has 0 N–H and O–H groups in total. The normalized spacial score (nSPS) is 21.2. The number of carbonyl (C=O) groups excluding carboxylic acids is 1. The molecule has 1 saturated heterocycles. The van der Waals surface area contributed by atoms with Crippen molar-refractivity contribution in [3.63, 3.8) is 0 Å². The van der Waals surface area contributed by atoms with E-state index in [0.29, 0.717) is 13.1 Å². The highest BCUT2D eigenvalue weighted by Crippen LogP contribution is 2.14. The van der Waals surface area contributed by atoms with E-state index in [1.807, 2.05) is 20.8 Å². The summed E-state index contributed by atoms with van der Waals surface area (Å²) in [4.78, 5) is 13.3. The fourth-order valence-corrected chi connectivity index (χ4v) is 1.26. The largest absolute Gasteiger partial charge is 0.444 e. The van der Waals surface area contributed by atoms with Crippen molar-refractivity contribution in [1.82, 2.24) is 4.90 Å². The third-order valence-electron chi connectivity index (χ3n) is 1.86. The Morgan fingerprint density at radius 2 is 1.92 bits per heavy atom. The van der Waals surface area contributed by atoms with Crippen LogP contribution in [0, 0.1) is 0 Å². The smallest absolute Gasteiger partial charge is 0.410 e. The molecule has 1 heterocycles. The van der Waals surface area contributed by atoms with Crippen LogP contribution in [0.1, 0.15) is 41.4 Å². The lowest BCUT2D eigenvalue weighted by Crippen LogP contribution is -2.39. The fourth-order valence-electron chi connectivity index (χ4n) is 1.26. The zero-order valence-electron chi connectivity index (χ0n) is 9.67. The highest BCUT2D eigenvalue weighted by molar-refractivity contribution is 5.68. The highest BCUT2D eigenvalue weighted by atomic mass is 16.6. The van der Waals surface area contributed by atoms with Crippen LogP contribution < -0.4 is 0 Å². The summed E-state index contributed by atoms with van der Waals surface area (Å²) in [5.74, 6) is 0. The van der Waals surface area contributed by atoms with Gasteiger partial charge in [-0.05, 0) is 40.0 Å². The number of likely N-dealkylation sites (tertiary alicyclic amines) is 1. The molecule has 0 aliphatic carbocycles. The van der Waals surface area contributed by atoms with Crippen LogP contribution in [-0.4, -0.2) is 29.7 Å². The second kappa shape index (κ2) is 3.99. The predicted octanol–water partition coefficient (Wildman–Crippen LogP) is 2.41. The Hall–Kier alpha value is -0.730. The molecule has 1 fully saturated rings. The lowest BCUT2D eigenvalue weighted by molar-refractivity contribution is 0.0216. The summed E-state index contributed by atoms with van der Waals surface area (Å²) in [6.07, 6.45) is 1.27. The van der Waals surface area contributed by atoms with Crippen LogP contribution in [0.4, 0.5) is 4.79 Å². The van der Waals surface area contributed by atoms with E-state index in [2.05, 4.69) is 0 Å². The number of carbonyl (C=O) groups is 1. The predicted molar refractivity (Wildman–Crippen MR) is 51.7 cm³/mol. The van der Waals surface area contributed by atoms with Gasteiger partial charge in [-0.1, -0.05) is 0 Å². The minimum Gasteiger partial charge on any atom is -0.444 e. The van der Waals surface area contributed by atoms with Crippen LogP contribution in [0.5, 0.6) is 0 Å². The van der Waals surface area contributed by atoms with E-state index in [0.717, 1.165) is 12.8 Å². The summed E-state index contributed by atoms with van der Waals surface area (Å²) >= 11 is 0. The molecular weight excluding hydrogens is 166 g/mol. The third-order valence-corrected chi connectivity index (χ3v) is 1.86. The van der Waals surface area contributed by atoms with Gasteiger partial charge in [-0.25, -0.2) is 4.79 Å². The van der Waals surface area contributed by atoms with E-state index in [1.54, 1.807) is 4.90 Å². The first-order valence-corrected chi connectivity index (χ1v) is 4.78. The Morgan fingerprint density at radius 1 is 1.38 bits per heavy atom. The third kappa shape index (κ3) is 3.66. The van der Waals surface area contributed by atoms with E-state index in [4.69, 9.17) is 6.11 Å². The van der Waals surface area contributed by atoms with Gasteiger partial charge >= 0.3 is 6.09 Å². The second-order valence-corrected chi connectivity index (χ2v) is 4.33. The lowest BCUT2D eigenvalue weighted by atomic mass is 10.1. The summed E-state index contributed by atoms with van der Waals surface area (Å²) in [7, 11) is 0. The van der Waals surface area contributed by atoms with E-state index < -0.39 is 5.60 Å². The van der Waals surface area contributed by atoms with Gasteiger partial charge in [0.05, 0.1) is 0 Å².